The summed E-state index contributed by atoms with van der Waals surface area (Å²) in [7, 11) is 0. The number of amides is 1. The van der Waals surface area contributed by atoms with E-state index in [2.05, 4.69) is 11.9 Å². The summed E-state index contributed by atoms with van der Waals surface area (Å²) in [5.41, 5.74) is 2.29. The molecule has 1 atom stereocenters. The minimum absolute atomic E-state index is 0.209. The van der Waals surface area contributed by atoms with Crippen LogP contribution in [0.2, 0.25) is 0 Å². The van der Waals surface area contributed by atoms with E-state index in [0.717, 1.165) is 10.4 Å². The quantitative estimate of drug-likeness (QED) is 0.297. The van der Waals surface area contributed by atoms with Gasteiger partial charge in [0.2, 0.25) is 0 Å². The van der Waals surface area contributed by atoms with Gasteiger partial charge in [-0.2, -0.15) is 0 Å². The van der Waals surface area contributed by atoms with Gasteiger partial charge < -0.3 is 14.8 Å². The Balaban J connectivity index is 1.59. The van der Waals surface area contributed by atoms with E-state index < -0.39 is 6.04 Å². The number of carbonyl (C=O) groups is 1. The van der Waals surface area contributed by atoms with Crippen molar-refractivity contribution in [1.29, 1.82) is 0 Å². The Morgan fingerprint density at radius 2 is 1.95 bits per heavy atom. The Bertz CT molecular complexity index is 1720. The predicted molar refractivity (Wildman–Crippen MR) is 156 cm³/mol. The highest BCUT2D eigenvalue weighted by molar-refractivity contribution is 7.10. The van der Waals surface area contributed by atoms with Crippen molar-refractivity contribution < 1.29 is 14.3 Å². The van der Waals surface area contributed by atoms with E-state index in [1.54, 1.807) is 10.6 Å². The van der Waals surface area contributed by atoms with Crippen LogP contribution < -0.4 is 29.7 Å². The molecule has 4 aromatic rings. The van der Waals surface area contributed by atoms with Crippen molar-refractivity contribution >= 4 is 40.3 Å². The van der Waals surface area contributed by atoms with Crippen LogP contribution in [-0.4, -0.2) is 23.7 Å². The molecule has 0 radical (unpaired) electrons. The molecule has 0 saturated carbocycles. The third-order valence-corrected chi connectivity index (χ3v) is 7.94. The van der Waals surface area contributed by atoms with Gasteiger partial charge >= 0.3 is 0 Å². The number of rotatable bonds is 9. The van der Waals surface area contributed by atoms with Gasteiger partial charge in [0, 0.05) is 10.6 Å². The van der Waals surface area contributed by atoms with Crippen molar-refractivity contribution in [3.63, 3.8) is 0 Å². The number of para-hydroxylation sites is 1. The molecule has 2 aromatic heterocycles. The average molecular weight is 558 g/mol. The smallest absolute Gasteiger partial charge is 0.271 e. The van der Waals surface area contributed by atoms with Gasteiger partial charge in [0.05, 0.1) is 22.4 Å². The SMILES string of the molecule is C=CCOc1ccc(/C=c2\sc3n(c2=O)[C@@H](c2cccs2)C(C(=O)Nc2ccccc2)=C(C)N=3)cc1OCC. The number of nitrogens with one attached hydrogen (secondary N) is 1. The molecule has 0 saturated heterocycles. The lowest BCUT2D eigenvalue weighted by Crippen LogP contribution is -2.40. The van der Waals surface area contributed by atoms with Crippen LogP contribution >= 0.6 is 22.7 Å². The highest BCUT2D eigenvalue weighted by Crippen LogP contribution is 2.33. The molecule has 2 aromatic carbocycles. The summed E-state index contributed by atoms with van der Waals surface area (Å²) >= 11 is 2.80. The normalized spacial score (nSPS) is 14.9. The molecule has 0 unspecified atom stereocenters. The monoisotopic (exact) mass is 557 g/mol. The predicted octanol–water partition coefficient (Wildman–Crippen LogP) is 4.90. The topological polar surface area (TPSA) is 81.9 Å². The number of allylic oxidation sites excluding steroid dienone is 1. The third-order valence-electron chi connectivity index (χ3n) is 6.03. The van der Waals surface area contributed by atoms with Gasteiger partial charge in [0.15, 0.2) is 16.3 Å². The number of thiophene rings is 1. The second kappa shape index (κ2) is 11.7. The van der Waals surface area contributed by atoms with Crippen molar-refractivity contribution in [3.8, 4) is 11.5 Å². The summed E-state index contributed by atoms with van der Waals surface area (Å²) < 4.78 is 13.6. The molecule has 1 aliphatic heterocycles. The Morgan fingerprint density at radius 3 is 2.67 bits per heavy atom. The lowest BCUT2D eigenvalue weighted by molar-refractivity contribution is -0.113. The number of hydrogen-bond donors (Lipinski definition) is 1. The number of nitrogens with zero attached hydrogens (tertiary/aromatic N) is 2. The first-order valence-electron chi connectivity index (χ1n) is 12.4. The maximum absolute atomic E-state index is 13.8. The molecule has 0 spiro atoms. The number of benzene rings is 2. The number of anilines is 1. The molecule has 1 amide bonds. The van der Waals surface area contributed by atoms with Crippen LogP contribution in [0.5, 0.6) is 11.5 Å². The minimum atomic E-state index is -0.583. The molecule has 1 N–H and O–H groups in total. The van der Waals surface area contributed by atoms with Crippen LogP contribution in [-0.2, 0) is 4.79 Å². The number of aromatic nitrogens is 1. The number of fused-ring (bicyclic) bond motifs is 1. The number of ether oxygens (including phenoxy) is 2. The Hall–Kier alpha value is -4.21. The zero-order valence-electron chi connectivity index (χ0n) is 21.5. The summed E-state index contributed by atoms with van der Waals surface area (Å²) in [6.45, 7) is 8.24. The van der Waals surface area contributed by atoms with Crippen LogP contribution in [0.15, 0.2) is 99.8 Å². The standard InChI is InChI=1S/C30H27N3O4S2/c1-4-15-37-22-14-13-20(17-23(22)36-5-2)18-25-29(35)33-27(24-12-9-16-38-24)26(19(3)31-30(33)39-25)28(34)32-21-10-7-6-8-11-21/h4,6-14,16-18,27H,1,5,15H2,2-3H3,(H,32,34)/b25-18-/t27-/m0/s1. The first-order chi connectivity index (χ1) is 19.0. The van der Waals surface area contributed by atoms with E-state index in [1.165, 1.54) is 22.7 Å². The first kappa shape index (κ1) is 26.4. The van der Waals surface area contributed by atoms with E-state index in [-0.39, 0.29) is 11.5 Å². The van der Waals surface area contributed by atoms with Gasteiger partial charge in [-0.15, -0.1) is 11.3 Å². The van der Waals surface area contributed by atoms with Crippen LogP contribution in [0.3, 0.4) is 0 Å². The van der Waals surface area contributed by atoms with Crippen molar-refractivity contribution in [3.05, 3.63) is 120 Å². The van der Waals surface area contributed by atoms with Gasteiger partial charge in [-0.25, -0.2) is 4.99 Å². The lowest BCUT2D eigenvalue weighted by Gasteiger charge is -2.24. The fraction of sp³-hybridized carbons (Fsp3) is 0.167. The third kappa shape index (κ3) is 5.50. The molecule has 0 fully saturated rings. The van der Waals surface area contributed by atoms with E-state index in [9.17, 15) is 9.59 Å². The molecular weight excluding hydrogens is 530 g/mol. The highest BCUT2D eigenvalue weighted by Gasteiger charge is 2.33. The Kier molecular flexibility index (Phi) is 7.90. The van der Waals surface area contributed by atoms with Gasteiger partial charge in [-0.1, -0.05) is 54.3 Å². The van der Waals surface area contributed by atoms with Gasteiger partial charge in [-0.3, -0.25) is 14.2 Å². The van der Waals surface area contributed by atoms with Crippen LogP contribution in [0, 0.1) is 0 Å². The maximum Gasteiger partial charge on any atom is 0.271 e. The minimum Gasteiger partial charge on any atom is -0.490 e. The molecule has 5 rings (SSSR count). The fourth-order valence-corrected chi connectivity index (χ4v) is 6.22. The number of hydrogen-bond acceptors (Lipinski definition) is 7. The van der Waals surface area contributed by atoms with Gasteiger partial charge in [-0.05, 0) is 61.2 Å². The van der Waals surface area contributed by atoms with Crippen molar-refractivity contribution in [2.45, 2.75) is 19.9 Å². The number of carbonyl (C=O) groups excluding carboxylic acids is 1. The van der Waals surface area contributed by atoms with Crippen molar-refractivity contribution in [1.82, 2.24) is 4.57 Å². The zero-order chi connectivity index (χ0) is 27.4. The summed E-state index contributed by atoms with van der Waals surface area (Å²) in [6, 6.07) is 18.1. The molecule has 0 bridgehead atoms. The molecule has 39 heavy (non-hydrogen) atoms. The maximum atomic E-state index is 13.8. The second-order valence-corrected chi connectivity index (χ2v) is 10.6. The zero-order valence-corrected chi connectivity index (χ0v) is 23.2. The second-order valence-electron chi connectivity index (χ2n) is 8.66. The summed E-state index contributed by atoms with van der Waals surface area (Å²) in [4.78, 5) is 33.5. The average Bonchev–Trinajstić information content (AvgIpc) is 3.57. The molecule has 3 heterocycles. The molecule has 0 aliphatic carbocycles. The van der Waals surface area contributed by atoms with Gasteiger partial charge in [0.1, 0.15) is 12.6 Å². The first-order valence-corrected chi connectivity index (χ1v) is 14.1. The molecule has 198 valence electrons. The van der Waals surface area contributed by atoms with Crippen LogP contribution in [0.4, 0.5) is 5.69 Å². The summed E-state index contributed by atoms with van der Waals surface area (Å²) in [5.74, 6) is 0.914. The molecule has 1 aliphatic rings. The van der Waals surface area contributed by atoms with Crippen molar-refractivity contribution in [2.24, 2.45) is 4.99 Å². The van der Waals surface area contributed by atoms with Gasteiger partial charge in [0.25, 0.3) is 11.5 Å². The Morgan fingerprint density at radius 1 is 1.13 bits per heavy atom. The van der Waals surface area contributed by atoms with E-state index >= 15 is 0 Å². The van der Waals surface area contributed by atoms with Crippen LogP contribution in [0.25, 0.3) is 6.08 Å². The molecular formula is C30H27N3O4S2. The molecule has 7 nitrogen and oxygen atoms in total. The summed E-state index contributed by atoms with van der Waals surface area (Å²) in [5, 5.41) is 4.91. The lowest BCUT2D eigenvalue weighted by atomic mass is 10.0. The highest BCUT2D eigenvalue weighted by atomic mass is 32.1. The fourth-order valence-electron chi connectivity index (χ4n) is 4.35. The number of thiazole rings is 1. The van der Waals surface area contributed by atoms with E-state index in [4.69, 9.17) is 14.5 Å². The Labute approximate surface area is 233 Å². The van der Waals surface area contributed by atoms with Crippen LogP contribution in [0.1, 0.15) is 30.3 Å². The molecule has 9 heteroatoms. The van der Waals surface area contributed by atoms with E-state index in [0.29, 0.717) is 51.0 Å². The van der Waals surface area contributed by atoms with E-state index in [1.807, 2.05) is 86.0 Å². The van der Waals surface area contributed by atoms with Crippen molar-refractivity contribution in [2.75, 3.05) is 18.5 Å². The largest absolute Gasteiger partial charge is 0.490 e. The summed E-state index contributed by atoms with van der Waals surface area (Å²) in [6.07, 6.45) is 3.49.